The van der Waals surface area contributed by atoms with Crippen LogP contribution in [0.25, 0.3) is 0 Å². The fourth-order valence-corrected chi connectivity index (χ4v) is 5.52. The number of aryl methyl sites for hydroxylation is 1. The van der Waals surface area contributed by atoms with E-state index in [1.807, 2.05) is 0 Å². The van der Waals surface area contributed by atoms with E-state index in [9.17, 15) is 4.79 Å². The first-order valence-corrected chi connectivity index (χ1v) is 10.9. The highest BCUT2D eigenvalue weighted by Gasteiger charge is 2.42. The lowest BCUT2D eigenvalue weighted by Crippen LogP contribution is -2.53. The van der Waals surface area contributed by atoms with Crippen LogP contribution in [0.4, 0.5) is 0 Å². The van der Waals surface area contributed by atoms with E-state index in [4.69, 9.17) is 5.73 Å². The van der Waals surface area contributed by atoms with Crippen molar-refractivity contribution in [2.45, 2.75) is 37.1 Å². The fraction of sp³-hybridized carbons (Fsp3) is 0.480. The molecule has 1 fully saturated rings. The molecular weight excluding hydrogens is 358 g/mol. The van der Waals surface area contributed by atoms with Crippen molar-refractivity contribution in [1.29, 1.82) is 0 Å². The minimum atomic E-state index is -0.109. The number of hydrogen-bond donors (Lipinski definition) is 1. The van der Waals surface area contributed by atoms with Crippen LogP contribution in [0.3, 0.4) is 0 Å². The molecule has 1 aliphatic heterocycles. The lowest BCUT2D eigenvalue weighted by atomic mass is 9.79. The molecule has 1 amide bonds. The Kier molecular flexibility index (Phi) is 5.75. The number of carbonyl (C=O) groups excluding carboxylic acids is 1. The van der Waals surface area contributed by atoms with Crippen molar-refractivity contribution in [3.05, 3.63) is 71.3 Å². The van der Waals surface area contributed by atoms with Crippen molar-refractivity contribution in [3.8, 4) is 0 Å². The Morgan fingerprint density at radius 2 is 1.76 bits per heavy atom. The Balaban J connectivity index is 1.50. The number of rotatable bonds is 5. The zero-order valence-electron chi connectivity index (χ0n) is 17.7. The van der Waals surface area contributed by atoms with E-state index in [1.165, 1.54) is 16.7 Å². The highest BCUT2D eigenvalue weighted by Crippen LogP contribution is 2.41. The van der Waals surface area contributed by atoms with Crippen LogP contribution < -0.4 is 5.73 Å². The van der Waals surface area contributed by atoms with Gasteiger partial charge in [0.1, 0.15) is 0 Å². The minimum absolute atomic E-state index is 0.00376. The highest BCUT2D eigenvalue weighted by atomic mass is 16.2. The summed E-state index contributed by atoms with van der Waals surface area (Å²) in [4.78, 5) is 17.9. The molecule has 154 valence electrons. The average molecular weight is 392 g/mol. The molecular formula is C25H33N3O. The van der Waals surface area contributed by atoms with Gasteiger partial charge in [-0.05, 0) is 62.4 Å². The van der Waals surface area contributed by atoms with Gasteiger partial charge in [0, 0.05) is 25.2 Å². The second-order valence-electron chi connectivity index (χ2n) is 8.80. The molecule has 0 bridgehead atoms. The van der Waals surface area contributed by atoms with Gasteiger partial charge in [-0.3, -0.25) is 9.69 Å². The molecule has 0 radical (unpaired) electrons. The van der Waals surface area contributed by atoms with E-state index >= 15 is 0 Å². The van der Waals surface area contributed by atoms with Gasteiger partial charge in [0.15, 0.2) is 0 Å². The number of nitrogens with zero attached hydrogens (tertiary/aromatic N) is 2. The van der Waals surface area contributed by atoms with E-state index in [1.54, 1.807) is 0 Å². The molecule has 4 heteroatoms. The van der Waals surface area contributed by atoms with Gasteiger partial charge in [0.05, 0.1) is 5.92 Å². The van der Waals surface area contributed by atoms with Crippen molar-refractivity contribution in [2.75, 3.05) is 33.7 Å². The minimum Gasteiger partial charge on any atom is -0.342 e. The molecule has 2 N–H and O–H groups in total. The molecule has 1 unspecified atom stereocenters. The molecule has 2 aliphatic rings. The van der Waals surface area contributed by atoms with Gasteiger partial charge in [-0.1, -0.05) is 54.6 Å². The van der Waals surface area contributed by atoms with Crippen LogP contribution >= 0.6 is 0 Å². The Bertz CT molecular complexity index is 840. The normalized spacial score (nSPS) is 21.8. The number of hydrogen-bond acceptors (Lipinski definition) is 3. The lowest BCUT2D eigenvalue weighted by molar-refractivity contribution is -0.138. The number of benzene rings is 2. The fourth-order valence-electron chi connectivity index (χ4n) is 5.52. The van der Waals surface area contributed by atoms with Crippen molar-refractivity contribution < 1.29 is 4.79 Å². The Hall–Kier alpha value is -2.17. The molecule has 2 aromatic carbocycles. The molecule has 1 heterocycles. The third-order valence-electron chi connectivity index (χ3n) is 7.31. The predicted molar refractivity (Wildman–Crippen MR) is 118 cm³/mol. The average Bonchev–Trinajstić information content (AvgIpc) is 3.19. The molecule has 1 aliphatic carbocycles. The molecule has 0 saturated carbocycles. The van der Waals surface area contributed by atoms with Crippen LogP contribution in [0.15, 0.2) is 54.6 Å². The molecule has 2 atom stereocenters. The van der Waals surface area contributed by atoms with Gasteiger partial charge in [0.2, 0.25) is 5.91 Å². The van der Waals surface area contributed by atoms with Crippen LogP contribution in [0.1, 0.15) is 41.9 Å². The van der Waals surface area contributed by atoms with E-state index in [0.29, 0.717) is 6.54 Å². The number of amides is 1. The van der Waals surface area contributed by atoms with Crippen LogP contribution in [0.5, 0.6) is 0 Å². The zero-order valence-corrected chi connectivity index (χ0v) is 17.7. The summed E-state index contributed by atoms with van der Waals surface area (Å²) in [5.41, 5.74) is 10.2. The highest BCUT2D eigenvalue weighted by molar-refractivity contribution is 5.80. The first kappa shape index (κ1) is 20.1. The summed E-state index contributed by atoms with van der Waals surface area (Å²) in [5.74, 6) is 0.398. The predicted octanol–water partition coefficient (Wildman–Crippen LogP) is 3.37. The number of likely N-dealkylation sites (tertiary alicyclic amines) is 1. The summed E-state index contributed by atoms with van der Waals surface area (Å²) in [6, 6.07) is 19.3. The smallest absolute Gasteiger partial charge is 0.227 e. The largest absolute Gasteiger partial charge is 0.342 e. The van der Waals surface area contributed by atoms with Crippen molar-refractivity contribution in [2.24, 2.45) is 11.7 Å². The molecule has 2 aromatic rings. The van der Waals surface area contributed by atoms with Crippen LogP contribution in [-0.2, 0) is 16.8 Å². The van der Waals surface area contributed by atoms with Crippen LogP contribution in [0.2, 0.25) is 0 Å². The number of fused-ring (bicyclic) bond motifs is 1. The first-order chi connectivity index (χ1) is 14.1. The number of carbonyl (C=O) groups is 1. The Labute approximate surface area is 174 Å². The summed E-state index contributed by atoms with van der Waals surface area (Å²) >= 11 is 0. The topological polar surface area (TPSA) is 49.6 Å². The summed E-state index contributed by atoms with van der Waals surface area (Å²) in [5, 5.41) is 0. The van der Waals surface area contributed by atoms with Crippen LogP contribution in [0, 0.1) is 5.92 Å². The Morgan fingerprint density at radius 3 is 2.41 bits per heavy atom. The van der Waals surface area contributed by atoms with Gasteiger partial charge < -0.3 is 10.6 Å². The van der Waals surface area contributed by atoms with Gasteiger partial charge in [-0.2, -0.15) is 0 Å². The third kappa shape index (κ3) is 3.60. The maximum absolute atomic E-state index is 13.5. The van der Waals surface area contributed by atoms with Crippen molar-refractivity contribution in [3.63, 3.8) is 0 Å². The molecule has 1 saturated heterocycles. The van der Waals surface area contributed by atoms with Gasteiger partial charge >= 0.3 is 0 Å². The van der Waals surface area contributed by atoms with Crippen molar-refractivity contribution >= 4 is 5.91 Å². The second kappa shape index (κ2) is 8.29. The second-order valence-corrected chi connectivity index (χ2v) is 8.80. The standard InChI is InChI=1S/C25H33N3O/c1-27(2)25(20-9-4-3-5-10-20)14-16-28(17-15-25)24(29)23(18-26)22-13-12-19-8-6-7-11-21(19)22/h3-11,22-23H,12-18,26H2,1-2H3/t22?,23-/m0/s1. The van der Waals surface area contributed by atoms with Crippen molar-refractivity contribution in [1.82, 2.24) is 9.80 Å². The Morgan fingerprint density at radius 1 is 1.10 bits per heavy atom. The van der Waals surface area contributed by atoms with Crippen LogP contribution in [-0.4, -0.2) is 49.4 Å². The molecule has 0 spiro atoms. The molecule has 4 nitrogen and oxygen atoms in total. The third-order valence-corrected chi connectivity index (χ3v) is 7.31. The molecule has 4 rings (SSSR count). The summed E-state index contributed by atoms with van der Waals surface area (Å²) in [6.07, 6.45) is 4.00. The number of nitrogens with two attached hydrogens (primary N) is 1. The van der Waals surface area contributed by atoms with Gasteiger partial charge in [-0.15, -0.1) is 0 Å². The SMILES string of the molecule is CN(C)C1(c2ccccc2)CCN(C(=O)[C@@H](CN)C2CCc3ccccc32)CC1. The maximum Gasteiger partial charge on any atom is 0.227 e. The lowest BCUT2D eigenvalue weighted by Gasteiger charge is -2.47. The zero-order chi connectivity index (χ0) is 20.4. The maximum atomic E-state index is 13.5. The summed E-state index contributed by atoms with van der Waals surface area (Å²) in [7, 11) is 4.31. The van der Waals surface area contributed by atoms with Gasteiger partial charge in [0.25, 0.3) is 0 Å². The monoisotopic (exact) mass is 391 g/mol. The van der Waals surface area contributed by atoms with E-state index in [2.05, 4.69) is 78.5 Å². The van der Waals surface area contributed by atoms with E-state index in [0.717, 1.165) is 38.8 Å². The summed E-state index contributed by atoms with van der Waals surface area (Å²) < 4.78 is 0. The summed E-state index contributed by atoms with van der Waals surface area (Å²) in [6.45, 7) is 2.00. The van der Waals surface area contributed by atoms with E-state index < -0.39 is 0 Å². The first-order valence-electron chi connectivity index (χ1n) is 10.9. The molecule has 29 heavy (non-hydrogen) atoms. The molecule has 0 aromatic heterocycles. The van der Waals surface area contributed by atoms with E-state index in [-0.39, 0.29) is 23.3 Å². The quantitative estimate of drug-likeness (QED) is 0.850. The number of piperidine rings is 1. The van der Waals surface area contributed by atoms with Gasteiger partial charge in [-0.25, -0.2) is 0 Å².